The standard InChI is InChI=1S/C22H23ClN4O/c1-15-11-16(2)20(19(23)12-15)27-21(28)18-13-25-22(26-14-18)24-10-6-9-17-7-4-3-5-8-17/h3-5,7-8,11-14H,6,9-10H2,1-2H3,(H,27,28)(H,24,25,26). The summed E-state index contributed by atoms with van der Waals surface area (Å²) in [5.74, 6) is 0.221. The summed E-state index contributed by atoms with van der Waals surface area (Å²) in [4.78, 5) is 20.9. The van der Waals surface area contributed by atoms with Gasteiger partial charge in [0.2, 0.25) is 5.95 Å². The molecule has 0 fully saturated rings. The van der Waals surface area contributed by atoms with Crippen LogP contribution in [0.15, 0.2) is 54.9 Å². The first kappa shape index (κ1) is 19.8. The minimum absolute atomic E-state index is 0.288. The van der Waals surface area contributed by atoms with Gasteiger partial charge in [-0.1, -0.05) is 48.0 Å². The zero-order chi connectivity index (χ0) is 19.9. The van der Waals surface area contributed by atoms with Gasteiger partial charge >= 0.3 is 0 Å². The largest absolute Gasteiger partial charge is 0.354 e. The molecule has 3 aromatic rings. The average Bonchev–Trinajstić information content (AvgIpc) is 2.69. The molecular formula is C22H23ClN4O. The maximum atomic E-state index is 12.5. The summed E-state index contributed by atoms with van der Waals surface area (Å²) in [6.45, 7) is 4.63. The Bertz CT molecular complexity index is 920. The molecule has 0 atom stereocenters. The van der Waals surface area contributed by atoms with Gasteiger partial charge in [-0.2, -0.15) is 0 Å². The van der Waals surface area contributed by atoms with Crippen molar-refractivity contribution in [3.8, 4) is 0 Å². The molecular weight excluding hydrogens is 372 g/mol. The van der Waals surface area contributed by atoms with Gasteiger partial charge in [0.15, 0.2) is 0 Å². The number of nitrogens with zero attached hydrogens (tertiary/aromatic N) is 2. The molecule has 3 rings (SSSR count). The topological polar surface area (TPSA) is 66.9 Å². The van der Waals surface area contributed by atoms with Crippen LogP contribution in [-0.2, 0) is 6.42 Å². The number of aromatic nitrogens is 2. The highest BCUT2D eigenvalue weighted by molar-refractivity contribution is 6.34. The molecule has 0 saturated carbocycles. The second-order valence-corrected chi connectivity index (χ2v) is 7.11. The molecule has 0 spiro atoms. The molecule has 144 valence electrons. The van der Waals surface area contributed by atoms with Crippen molar-refractivity contribution in [1.29, 1.82) is 0 Å². The number of rotatable bonds is 7. The fourth-order valence-electron chi connectivity index (χ4n) is 2.93. The Labute approximate surface area is 170 Å². The number of halogens is 1. The van der Waals surface area contributed by atoms with E-state index in [4.69, 9.17) is 11.6 Å². The van der Waals surface area contributed by atoms with Gasteiger partial charge in [-0.25, -0.2) is 9.97 Å². The van der Waals surface area contributed by atoms with Crippen molar-refractivity contribution in [1.82, 2.24) is 9.97 Å². The molecule has 5 nitrogen and oxygen atoms in total. The van der Waals surface area contributed by atoms with Crippen LogP contribution in [0.3, 0.4) is 0 Å². The van der Waals surface area contributed by atoms with Gasteiger partial charge in [-0.15, -0.1) is 0 Å². The Morgan fingerprint density at radius 2 is 1.79 bits per heavy atom. The molecule has 0 aliphatic heterocycles. The van der Waals surface area contributed by atoms with Crippen LogP contribution in [0.1, 0.15) is 33.5 Å². The molecule has 0 saturated heterocycles. The molecule has 1 aromatic heterocycles. The first-order valence-electron chi connectivity index (χ1n) is 9.21. The number of carbonyl (C=O) groups excluding carboxylic acids is 1. The van der Waals surface area contributed by atoms with E-state index < -0.39 is 0 Å². The third-order valence-electron chi connectivity index (χ3n) is 4.35. The lowest BCUT2D eigenvalue weighted by atomic mass is 10.1. The fraction of sp³-hybridized carbons (Fsp3) is 0.227. The molecule has 0 bridgehead atoms. The Hall–Kier alpha value is -2.92. The van der Waals surface area contributed by atoms with Crippen molar-refractivity contribution >= 4 is 29.1 Å². The van der Waals surface area contributed by atoms with Crippen molar-refractivity contribution in [2.45, 2.75) is 26.7 Å². The number of anilines is 2. The quantitative estimate of drug-likeness (QED) is 0.550. The van der Waals surface area contributed by atoms with E-state index in [2.05, 4.69) is 32.7 Å². The monoisotopic (exact) mass is 394 g/mol. The number of benzene rings is 2. The maximum absolute atomic E-state index is 12.5. The van der Waals surface area contributed by atoms with E-state index in [9.17, 15) is 4.79 Å². The van der Waals surface area contributed by atoms with Crippen LogP contribution in [0.5, 0.6) is 0 Å². The second-order valence-electron chi connectivity index (χ2n) is 6.70. The zero-order valence-corrected chi connectivity index (χ0v) is 16.8. The van der Waals surface area contributed by atoms with Crippen molar-refractivity contribution in [3.63, 3.8) is 0 Å². The smallest absolute Gasteiger partial charge is 0.258 e. The van der Waals surface area contributed by atoms with E-state index in [1.165, 1.54) is 18.0 Å². The third-order valence-corrected chi connectivity index (χ3v) is 4.65. The SMILES string of the molecule is Cc1cc(C)c(NC(=O)c2cnc(NCCCc3ccccc3)nc2)c(Cl)c1. The van der Waals surface area contributed by atoms with Crippen LogP contribution in [0.25, 0.3) is 0 Å². The lowest BCUT2D eigenvalue weighted by Gasteiger charge is -2.11. The highest BCUT2D eigenvalue weighted by Crippen LogP contribution is 2.27. The fourth-order valence-corrected chi connectivity index (χ4v) is 3.30. The molecule has 28 heavy (non-hydrogen) atoms. The Kier molecular flexibility index (Phi) is 6.61. The lowest BCUT2D eigenvalue weighted by Crippen LogP contribution is -2.15. The van der Waals surface area contributed by atoms with Crippen molar-refractivity contribution in [3.05, 3.63) is 82.1 Å². The molecule has 2 N–H and O–H groups in total. The van der Waals surface area contributed by atoms with Gasteiger partial charge in [0.05, 0.1) is 16.3 Å². The van der Waals surface area contributed by atoms with Crippen molar-refractivity contribution < 1.29 is 4.79 Å². The average molecular weight is 395 g/mol. The van der Waals surface area contributed by atoms with Gasteiger partial charge in [0.25, 0.3) is 5.91 Å². The van der Waals surface area contributed by atoms with E-state index >= 15 is 0 Å². The Balaban J connectivity index is 1.53. The summed E-state index contributed by atoms with van der Waals surface area (Å²) in [5, 5.41) is 6.54. The predicted octanol–water partition coefficient (Wildman–Crippen LogP) is 5.04. The highest BCUT2D eigenvalue weighted by Gasteiger charge is 2.12. The molecule has 0 aliphatic carbocycles. The number of amides is 1. The number of nitrogens with one attached hydrogen (secondary N) is 2. The molecule has 6 heteroatoms. The summed E-state index contributed by atoms with van der Waals surface area (Å²) in [6.07, 6.45) is 4.99. The normalized spacial score (nSPS) is 10.5. The summed E-state index contributed by atoms with van der Waals surface area (Å²) in [5.41, 5.74) is 4.26. The Morgan fingerprint density at radius 3 is 2.46 bits per heavy atom. The molecule has 0 aliphatic rings. The van der Waals surface area contributed by atoms with E-state index in [0.717, 1.165) is 30.5 Å². The van der Waals surface area contributed by atoms with Gasteiger partial charge in [0, 0.05) is 18.9 Å². The van der Waals surface area contributed by atoms with Crippen LogP contribution >= 0.6 is 11.6 Å². The first-order chi connectivity index (χ1) is 13.5. The molecule has 1 heterocycles. The van der Waals surface area contributed by atoms with Crippen LogP contribution < -0.4 is 10.6 Å². The minimum Gasteiger partial charge on any atom is -0.354 e. The van der Waals surface area contributed by atoms with E-state index in [1.807, 2.05) is 44.2 Å². The van der Waals surface area contributed by atoms with Gasteiger partial charge in [0.1, 0.15) is 0 Å². The van der Waals surface area contributed by atoms with E-state index in [0.29, 0.717) is 22.2 Å². The van der Waals surface area contributed by atoms with E-state index in [1.54, 1.807) is 0 Å². The van der Waals surface area contributed by atoms with Gasteiger partial charge < -0.3 is 10.6 Å². The number of aryl methyl sites for hydroxylation is 3. The van der Waals surface area contributed by atoms with E-state index in [-0.39, 0.29) is 5.91 Å². The van der Waals surface area contributed by atoms with Crippen LogP contribution in [0.4, 0.5) is 11.6 Å². The van der Waals surface area contributed by atoms with Crippen molar-refractivity contribution in [2.24, 2.45) is 0 Å². The van der Waals surface area contributed by atoms with Crippen molar-refractivity contribution in [2.75, 3.05) is 17.2 Å². The molecule has 1 amide bonds. The number of hydrogen-bond donors (Lipinski definition) is 2. The molecule has 0 radical (unpaired) electrons. The first-order valence-corrected chi connectivity index (χ1v) is 9.58. The molecule has 2 aromatic carbocycles. The molecule has 0 unspecified atom stereocenters. The summed E-state index contributed by atoms with van der Waals surface area (Å²) >= 11 is 6.25. The zero-order valence-electron chi connectivity index (χ0n) is 16.0. The van der Waals surface area contributed by atoms with Crippen LogP contribution in [0.2, 0.25) is 5.02 Å². The van der Waals surface area contributed by atoms with Crippen LogP contribution in [-0.4, -0.2) is 22.4 Å². The van der Waals surface area contributed by atoms with Crippen LogP contribution in [0, 0.1) is 13.8 Å². The minimum atomic E-state index is -0.288. The maximum Gasteiger partial charge on any atom is 0.258 e. The van der Waals surface area contributed by atoms with Gasteiger partial charge in [-0.3, -0.25) is 4.79 Å². The Morgan fingerprint density at radius 1 is 1.07 bits per heavy atom. The highest BCUT2D eigenvalue weighted by atomic mass is 35.5. The second kappa shape index (κ2) is 9.33. The summed E-state index contributed by atoms with van der Waals surface area (Å²) in [6, 6.07) is 14.1. The summed E-state index contributed by atoms with van der Waals surface area (Å²) in [7, 11) is 0. The third kappa shape index (κ3) is 5.30. The summed E-state index contributed by atoms with van der Waals surface area (Å²) < 4.78 is 0. The number of carbonyl (C=O) groups is 1. The lowest BCUT2D eigenvalue weighted by molar-refractivity contribution is 0.102. The van der Waals surface area contributed by atoms with Gasteiger partial charge in [-0.05, 0) is 49.4 Å². The predicted molar refractivity (Wildman–Crippen MR) is 114 cm³/mol. The number of hydrogen-bond acceptors (Lipinski definition) is 4.